The maximum absolute atomic E-state index is 6.89. The fourth-order valence-corrected chi connectivity index (χ4v) is 9.26. The summed E-state index contributed by atoms with van der Waals surface area (Å²) in [7, 11) is 0. The predicted octanol–water partition coefficient (Wildman–Crippen LogP) is 13.3. The molecule has 256 valence electrons. The second-order valence-corrected chi connectivity index (χ2v) is 14.6. The third kappa shape index (κ3) is 4.88. The van der Waals surface area contributed by atoms with Gasteiger partial charge in [-0.2, -0.15) is 0 Å². The van der Waals surface area contributed by atoms with Crippen LogP contribution in [0.5, 0.6) is 11.5 Å². The van der Waals surface area contributed by atoms with Gasteiger partial charge in [-0.25, -0.2) is 9.97 Å². The van der Waals surface area contributed by atoms with Crippen molar-refractivity contribution in [2.45, 2.75) is 12.3 Å². The van der Waals surface area contributed by atoms with Crippen molar-refractivity contribution >= 4 is 27.0 Å². The van der Waals surface area contributed by atoms with Crippen LogP contribution >= 0.6 is 11.3 Å². The van der Waals surface area contributed by atoms with E-state index in [1.165, 1.54) is 26.8 Å². The van der Waals surface area contributed by atoms with Crippen molar-refractivity contribution in [2.24, 2.45) is 0 Å². The molecule has 0 saturated heterocycles. The molecule has 54 heavy (non-hydrogen) atoms. The first-order valence-electron chi connectivity index (χ1n) is 18.2. The second-order valence-electron chi connectivity index (χ2n) is 13.7. The Morgan fingerprint density at radius 1 is 0.593 bits per heavy atom. The molecule has 3 nitrogen and oxygen atoms in total. The number of hydrogen-bond acceptors (Lipinski definition) is 4. The van der Waals surface area contributed by atoms with E-state index < -0.39 is 5.41 Å². The van der Waals surface area contributed by atoms with Gasteiger partial charge in [-0.1, -0.05) is 140 Å². The Kier molecular flexibility index (Phi) is 7.60. The van der Waals surface area contributed by atoms with Crippen molar-refractivity contribution in [3.63, 3.8) is 0 Å². The van der Waals surface area contributed by atoms with Crippen molar-refractivity contribution in [1.82, 2.24) is 9.97 Å². The van der Waals surface area contributed by atoms with Gasteiger partial charge in [0.15, 0.2) is 5.82 Å². The Morgan fingerprint density at radius 3 is 2.09 bits per heavy atom. The molecule has 3 heterocycles. The molecular weight excluding hydrogens is 677 g/mol. The highest BCUT2D eigenvalue weighted by molar-refractivity contribution is 7.17. The highest BCUT2D eigenvalue weighted by Crippen LogP contribution is 2.62. The number of nitrogens with zero attached hydrogens (tertiary/aromatic N) is 2. The van der Waals surface area contributed by atoms with Crippen molar-refractivity contribution < 1.29 is 4.74 Å². The van der Waals surface area contributed by atoms with E-state index in [2.05, 4.69) is 165 Å². The van der Waals surface area contributed by atoms with Crippen LogP contribution in [-0.4, -0.2) is 9.97 Å². The van der Waals surface area contributed by atoms with Crippen molar-refractivity contribution in [2.75, 3.05) is 0 Å². The molecule has 2 aliphatic rings. The summed E-state index contributed by atoms with van der Waals surface area (Å²) in [5, 5.41) is 3.43. The lowest BCUT2D eigenvalue weighted by Gasteiger charge is -2.40. The number of benzene rings is 6. The summed E-state index contributed by atoms with van der Waals surface area (Å²) in [6.45, 7) is 6.52. The van der Waals surface area contributed by atoms with E-state index in [0.717, 1.165) is 67.4 Å². The van der Waals surface area contributed by atoms with Crippen LogP contribution in [-0.2, 0) is 5.41 Å². The molecule has 0 saturated carbocycles. The predicted molar refractivity (Wildman–Crippen MR) is 224 cm³/mol. The molecule has 0 fully saturated rings. The van der Waals surface area contributed by atoms with Crippen LogP contribution in [0.25, 0.3) is 60.7 Å². The highest BCUT2D eigenvalue weighted by Gasteiger charge is 2.51. The van der Waals surface area contributed by atoms with Gasteiger partial charge < -0.3 is 4.74 Å². The number of thiophene rings is 1. The van der Waals surface area contributed by atoms with E-state index in [9.17, 15) is 0 Å². The molecule has 0 radical (unpaired) electrons. The SMILES string of the molecule is C=CC1=C(/C=C\C)c2cc3ccsc3cc2[C@]12c1ccccc1Oc1cc(-c3cc(-c4ccccc4-c4ccccc4)nc(-c4ccccc4)n3)ccc12. The number of ether oxygens (including phenoxy) is 1. The largest absolute Gasteiger partial charge is 0.457 e. The van der Waals surface area contributed by atoms with Crippen LogP contribution in [0.4, 0.5) is 0 Å². The first-order chi connectivity index (χ1) is 26.7. The molecule has 8 aromatic rings. The molecule has 2 aromatic heterocycles. The maximum Gasteiger partial charge on any atom is 0.160 e. The van der Waals surface area contributed by atoms with E-state index in [0.29, 0.717) is 5.82 Å². The topological polar surface area (TPSA) is 35.0 Å². The van der Waals surface area contributed by atoms with E-state index in [-0.39, 0.29) is 0 Å². The molecule has 6 aromatic carbocycles. The van der Waals surface area contributed by atoms with Crippen molar-refractivity contribution in [3.05, 3.63) is 210 Å². The average Bonchev–Trinajstić information content (AvgIpc) is 3.80. The molecule has 1 aliphatic heterocycles. The zero-order chi connectivity index (χ0) is 36.2. The lowest BCUT2D eigenvalue weighted by atomic mass is 9.65. The van der Waals surface area contributed by atoms with Gasteiger partial charge in [0.05, 0.1) is 16.8 Å². The third-order valence-corrected chi connectivity index (χ3v) is 11.6. The number of allylic oxidation sites excluding steroid dienone is 5. The third-order valence-electron chi connectivity index (χ3n) is 10.8. The molecule has 0 unspecified atom stereocenters. The molecule has 10 rings (SSSR count). The maximum atomic E-state index is 6.89. The van der Waals surface area contributed by atoms with Crippen LogP contribution in [0.1, 0.15) is 29.2 Å². The Morgan fingerprint density at radius 2 is 1.30 bits per heavy atom. The molecule has 1 aliphatic carbocycles. The number of hydrogen-bond donors (Lipinski definition) is 0. The van der Waals surface area contributed by atoms with Gasteiger partial charge in [0.1, 0.15) is 11.5 Å². The minimum absolute atomic E-state index is 0.618. The summed E-state index contributed by atoms with van der Waals surface area (Å²) in [5.74, 6) is 2.31. The van der Waals surface area contributed by atoms with E-state index in [4.69, 9.17) is 14.7 Å². The monoisotopic (exact) mass is 710 g/mol. The van der Waals surface area contributed by atoms with Gasteiger partial charge in [-0.05, 0) is 87.5 Å². The fraction of sp³-hybridized carbons (Fsp3) is 0.0400. The van der Waals surface area contributed by atoms with Crippen molar-refractivity contribution in [3.8, 4) is 56.5 Å². The smallest absolute Gasteiger partial charge is 0.160 e. The Balaban J connectivity index is 1.21. The van der Waals surface area contributed by atoms with Gasteiger partial charge in [-0.15, -0.1) is 11.3 Å². The van der Waals surface area contributed by atoms with Crippen molar-refractivity contribution in [1.29, 1.82) is 0 Å². The van der Waals surface area contributed by atoms with Crippen LogP contribution in [0.15, 0.2) is 187 Å². The molecule has 0 bridgehead atoms. The summed E-state index contributed by atoms with van der Waals surface area (Å²) in [4.78, 5) is 10.4. The van der Waals surface area contributed by atoms with E-state index in [1.807, 2.05) is 24.3 Å². The lowest BCUT2D eigenvalue weighted by Crippen LogP contribution is -2.32. The molecule has 1 atom stereocenters. The van der Waals surface area contributed by atoms with Crippen LogP contribution in [0.3, 0.4) is 0 Å². The van der Waals surface area contributed by atoms with Crippen LogP contribution in [0.2, 0.25) is 0 Å². The molecular formula is C50H34N2OS. The number of para-hydroxylation sites is 1. The summed E-state index contributed by atoms with van der Waals surface area (Å²) < 4.78 is 8.16. The van der Waals surface area contributed by atoms with Gasteiger partial charge >= 0.3 is 0 Å². The number of fused-ring (bicyclic) bond motifs is 7. The van der Waals surface area contributed by atoms with Gasteiger partial charge in [0.2, 0.25) is 0 Å². The van der Waals surface area contributed by atoms with Gasteiger partial charge in [0, 0.05) is 32.5 Å². The average molecular weight is 711 g/mol. The van der Waals surface area contributed by atoms with Crippen LogP contribution in [0, 0.1) is 0 Å². The first kappa shape index (κ1) is 32.1. The summed E-state index contributed by atoms with van der Waals surface area (Å²) in [6.07, 6.45) is 6.41. The zero-order valence-electron chi connectivity index (χ0n) is 29.7. The fourth-order valence-electron chi connectivity index (χ4n) is 8.45. The number of rotatable bonds is 6. The summed E-state index contributed by atoms with van der Waals surface area (Å²) in [6, 6.07) is 53.3. The minimum Gasteiger partial charge on any atom is -0.457 e. The Bertz CT molecular complexity index is 2830. The normalized spacial score (nSPS) is 15.6. The Hall–Kier alpha value is -6.62. The zero-order valence-corrected chi connectivity index (χ0v) is 30.5. The van der Waals surface area contributed by atoms with E-state index in [1.54, 1.807) is 11.3 Å². The quantitative estimate of drug-likeness (QED) is 0.172. The summed E-state index contributed by atoms with van der Waals surface area (Å²) in [5.41, 5.74) is 13.3. The molecule has 1 spiro atoms. The van der Waals surface area contributed by atoms with E-state index >= 15 is 0 Å². The minimum atomic E-state index is -0.618. The first-order valence-corrected chi connectivity index (χ1v) is 19.1. The number of aromatic nitrogens is 2. The standard InChI is InChI=1S/C50H34N2OS/c1-3-15-37-39-28-35-26-27-54-48(35)30-43(39)50(40(37)4-2)41-22-13-14-23-46(41)53-47-29-34(24-25-42(47)50)44-31-45(52-49(51-44)33-18-9-6-10-19-33)38-21-12-11-20-36(38)32-16-7-5-8-17-32/h3-31H,2H2,1H3/b15-3-/t50-/m0/s1. The lowest BCUT2D eigenvalue weighted by molar-refractivity contribution is 0.436. The molecule has 0 N–H and O–H groups in total. The summed E-state index contributed by atoms with van der Waals surface area (Å²) >= 11 is 1.78. The Labute approximate surface area is 318 Å². The van der Waals surface area contributed by atoms with Gasteiger partial charge in [-0.3, -0.25) is 0 Å². The highest BCUT2D eigenvalue weighted by atomic mass is 32.1. The van der Waals surface area contributed by atoms with Gasteiger partial charge in [0.25, 0.3) is 0 Å². The molecule has 0 amide bonds. The molecule has 4 heteroatoms. The van der Waals surface area contributed by atoms with Crippen LogP contribution < -0.4 is 4.74 Å². The second kappa shape index (κ2) is 12.8.